The van der Waals surface area contributed by atoms with E-state index in [0.717, 1.165) is 13.2 Å². The first-order chi connectivity index (χ1) is 8.69. The van der Waals surface area contributed by atoms with Crippen molar-refractivity contribution in [2.24, 2.45) is 11.1 Å². The second kappa shape index (κ2) is 4.56. The molecule has 0 amide bonds. The van der Waals surface area contributed by atoms with E-state index in [1.54, 1.807) is 0 Å². The Hall–Kier alpha value is -1.06. The molecule has 1 aromatic carbocycles. The normalized spacial score (nSPS) is 23.8. The zero-order chi connectivity index (χ0) is 12.6. The minimum absolute atomic E-state index is 0.122. The number of rotatable bonds is 2. The zero-order valence-corrected chi connectivity index (χ0v) is 11.1. The first kappa shape index (κ1) is 12.0. The summed E-state index contributed by atoms with van der Waals surface area (Å²) in [6.45, 7) is 6.28. The van der Waals surface area contributed by atoms with E-state index in [1.807, 2.05) is 6.92 Å². The molecule has 1 atom stereocenters. The highest BCUT2D eigenvalue weighted by Gasteiger charge is 2.43. The standard InChI is InChI=1S/C15H22N2O/c1-12(16)13-2-4-14(5-3-13)17-10-15(11-17)6-8-18-9-7-15/h2-5,12H,6-11,16H2,1H3. The molecule has 2 saturated heterocycles. The van der Waals surface area contributed by atoms with Crippen molar-refractivity contribution in [3.63, 3.8) is 0 Å². The maximum atomic E-state index is 5.87. The van der Waals surface area contributed by atoms with Crippen molar-refractivity contribution in [2.75, 3.05) is 31.2 Å². The number of hydrogen-bond acceptors (Lipinski definition) is 3. The van der Waals surface area contributed by atoms with Crippen molar-refractivity contribution in [3.8, 4) is 0 Å². The average molecular weight is 246 g/mol. The van der Waals surface area contributed by atoms with Gasteiger partial charge in [-0.2, -0.15) is 0 Å². The molecule has 2 aliphatic heterocycles. The van der Waals surface area contributed by atoms with E-state index in [0.29, 0.717) is 5.41 Å². The molecule has 1 unspecified atom stereocenters. The first-order valence-electron chi connectivity index (χ1n) is 6.87. The fourth-order valence-electron chi connectivity index (χ4n) is 3.06. The van der Waals surface area contributed by atoms with Crippen LogP contribution in [0.3, 0.4) is 0 Å². The Morgan fingerprint density at radius 1 is 1.17 bits per heavy atom. The highest BCUT2D eigenvalue weighted by atomic mass is 16.5. The van der Waals surface area contributed by atoms with Gasteiger partial charge in [-0.3, -0.25) is 0 Å². The van der Waals surface area contributed by atoms with Gasteiger partial charge >= 0.3 is 0 Å². The maximum absolute atomic E-state index is 5.87. The van der Waals surface area contributed by atoms with E-state index in [2.05, 4.69) is 29.2 Å². The average Bonchev–Trinajstić information content (AvgIpc) is 2.37. The predicted octanol–water partition coefficient (Wildman–Crippen LogP) is 2.32. The Labute approximate surface area is 109 Å². The molecule has 2 fully saturated rings. The number of nitrogens with two attached hydrogens (primary N) is 1. The Kier molecular flexibility index (Phi) is 3.04. The van der Waals surface area contributed by atoms with E-state index in [4.69, 9.17) is 10.5 Å². The quantitative estimate of drug-likeness (QED) is 0.870. The van der Waals surface area contributed by atoms with Crippen LogP contribution < -0.4 is 10.6 Å². The van der Waals surface area contributed by atoms with E-state index < -0.39 is 0 Å². The van der Waals surface area contributed by atoms with Crippen molar-refractivity contribution in [1.29, 1.82) is 0 Å². The molecule has 0 aromatic heterocycles. The van der Waals surface area contributed by atoms with Crippen LogP contribution in [0, 0.1) is 5.41 Å². The summed E-state index contributed by atoms with van der Waals surface area (Å²) in [5.74, 6) is 0. The summed E-state index contributed by atoms with van der Waals surface area (Å²) >= 11 is 0. The van der Waals surface area contributed by atoms with E-state index in [9.17, 15) is 0 Å². The lowest BCUT2D eigenvalue weighted by Crippen LogP contribution is -2.58. The fourth-order valence-corrected chi connectivity index (χ4v) is 3.06. The van der Waals surface area contributed by atoms with Crippen LogP contribution in [0.2, 0.25) is 0 Å². The number of nitrogens with zero attached hydrogens (tertiary/aromatic N) is 1. The molecule has 0 radical (unpaired) electrons. The molecule has 1 aromatic rings. The van der Waals surface area contributed by atoms with Crippen LogP contribution in [0.4, 0.5) is 5.69 Å². The lowest BCUT2D eigenvalue weighted by atomic mass is 9.73. The van der Waals surface area contributed by atoms with Gasteiger partial charge in [-0.25, -0.2) is 0 Å². The minimum Gasteiger partial charge on any atom is -0.381 e. The Morgan fingerprint density at radius 2 is 1.78 bits per heavy atom. The Bertz CT molecular complexity index is 399. The smallest absolute Gasteiger partial charge is 0.0472 e. The molecule has 0 aliphatic carbocycles. The predicted molar refractivity (Wildman–Crippen MR) is 73.7 cm³/mol. The summed E-state index contributed by atoms with van der Waals surface area (Å²) in [7, 11) is 0. The SMILES string of the molecule is CC(N)c1ccc(N2CC3(CCOCC3)C2)cc1. The molecule has 2 heterocycles. The third-order valence-electron chi connectivity index (χ3n) is 4.39. The molecule has 3 rings (SSSR count). The molecule has 0 saturated carbocycles. The van der Waals surface area contributed by atoms with Gasteiger partial charge in [0.2, 0.25) is 0 Å². The lowest BCUT2D eigenvalue weighted by molar-refractivity contribution is -0.000191. The maximum Gasteiger partial charge on any atom is 0.0472 e. The molecule has 1 spiro atoms. The van der Waals surface area contributed by atoms with Gasteiger partial charge in [0.25, 0.3) is 0 Å². The summed E-state index contributed by atoms with van der Waals surface area (Å²) in [5, 5.41) is 0. The molecule has 2 aliphatic rings. The van der Waals surface area contributed by atoms with Crippen LogP contribution in [0.5, 0.6) is 0 Å². The van der Waals surface area contributed by atoms with Crippen LogP contribution in [-0.2, 0) is 4.74 Å². The molecule has 98 valence electrons. The largest absolute Gasteiger partial charge is 0.381 e. The zero-order valence-electron chi connectivity index (χ0n) is 11.1. The van der Waals surface area contributed by atoms with Gasteiger partial charge in [0.05, 0.1) is 0 Å². The number of hydrogen-bond donors (Lipinski definition) is 1. The minimum atomic E-state index is 0.122. The monoisotopic (exact) mass is 246 g/mol. The summed E-state index contributed by atoms with van der Waals surface area (Å²) in [5.41, 5.74) is 8.95. The van der Waals surface area contributed by atoms with E-state index in [1.165, 1.54) is 37.2 Å². The van der Waals surface area contributed by atoms with Crippen molar-refractivity contribution < 1.29 is 4.74 Å². The van der Waals surface area contributed by atoms with Gasteiger partial charge in [0.15, 0.2) is 0 Å². The highest BCUT2D eigenvalue weighted by Crippen LogP contribution is 2.42. The van der Waals surface area contributed by atoms with Gasteiger partial charge in [0.1, 0.15) is 0 Å². The van der Waals surface area contributed by atoms with Crippen LogP contribution in [0.1, 0.15) is 31.4 Å². The highest BCUT2D eigenvalue weighted by molar-refractivity contribution is 5.51. The number of ether oxygens (including phenoxy) is 1. The van der Waals surface area contributed by atoms with Gasteiger partial charge in [-0.05, 0) is 37.5 Å². The van der Waals surface area contributed by atoms with Gasteiger partial charge < -0.3 is 15.4 Å². The number of anilines is 1. The fraction of sp³-hybridized carbons (Fsp3) is 0.600. The van der Waals surface area contributed by atoms with Crippen LogP contribution in [-0.4, -0.2) is 26.3 Å². The van der Waals surface area contributed by atoms with E-state index >= 15 is 0 Å². The summed E-state index contributed by atoms with van der Waals surface area (Å²) in [6.07, 6.45) is 2.45. The van der Waals surface area contributed by atoms with Crippen LogP contribution >= 0.6 is 0 Å². The van der Waals surface area contributed by atoms with Gasteiger partial charge in [0, 0.05) is 43.4 Å². The van der Waals surface area contributed by atoms with Crippen molar-refractivity contribution in [3.05, 3.63) is 29.8 Å². The van der Waals surface area contributed by atoms with Gasteiger partial charge in [-0.1, -0.05) is 12.1 Å². The second-order valence-corrected chi connectivity index (χ2v) is 5.85. The second-order valence-electron chi connectivity index (χ2n) is 5.85. The summed E-state index contributed by atoms with van der Waals surface area (Å²) < 4.78 is 5.45. The topological polar surface area (TPSA) is 38.5 Å². The van der Waals surface area contributed by atoms with Crippen LogP contribution in [0.15, 0.2) is 24.3 Å². The first-order valence-corrected chi connectivity index (χ1v) is 6.87. The molecule has 18 heavy (non-hydrogen) atoms. The third-order valence-corrected chi connectivity index (χ3v) is 4.39. The molecule has 2 N–H and O–H groups in total. The van der Waals surface area contributed by atoms with Crippen LogP contribution in [0.25, 0.3) is 0 Å². The van der Waals surface area contributed by atoms with Crippen molar-refractivity contribution in [2.45, 2.75) is 25.8 Å². The number of benzene rings is 1. The molecular formula is C15H22N2O. The van der Waals surface area contributed by atoms with Gasteiger partial charge in [-0.15, -0.1) is 0 Å². The Balaban J connectivity index is 1.64. The molecule has 3 nitrogen and oxygen atoms in total. The molecule has 3 heteroatoms. The molecular weight excluding hydrogens is 224 g/mol. The lowest BCUT2D eigenvalue weighted by Gasteiger charge is -2.53. The summed E-state index contributed by atoms with van der Waals surface area (Å²) in [4.78, 5) is 2.47. The van der Waals surface area contributed by atoms with Crippen molar-refractivity contribution >= 4 is 5.69 Å². The molecule has 0 bridgehead atoms. The third kappa shape index (κ3) is 2.13. The van der Waals surface area contributed by atoms with Crippen molar-refractivity contribution in [1.82, 2.24) is 0 Å². The summed E-state index contributed by atoms with van der Waals surface area (Å²) in [6, 6.07) is 8.82. The Morgan fingerprint density at radius 3 is 2.33 bits per heavy atom. The van der Waals surface area contributed by atoms with E-state index in [-0.39, 0.29) is 6.04 Å².